The molecule has 0 aliphatic carbocycles. The molecule has 0 heterocycles. The van der Waals surface area contributed by atoms with Gasteiger partial charge in [-0.1, -0.05) is 321 Å². The molecule has 0 saturated carbocycles. The van der Waals surface area contributed by atoms with E-state index in [-0.39, 0.29) is 18.5 Å². The number of carbonyl (C=O) groups excluding carboxylic acids is 2. The van der Waals surface area contributed by atoms with Crippen LogP contribution in [0.5, 0.6) is 0 Å². The summed E-state index contributed by atoms with van der Waals surface area (Å²) in [5.41, 5.74) is 0. The summed E-state index contributed by atoms with van der Waals surface area (Å²) < 4.78 is 5.46. The number of allylic oxidation sites excluding steroid dienone is 3. The highest BCUT2D eigenvalue weighted by Crippen LogP contribution is 2.18. The quantitative estimate of drug-likeness (QED) is 0.0320. The highest BCUT2D eigenvalue weighted by molar-refractivity contribution is 5.76. The normalized spacial score (nSPS) is 12.7. The predicted molar refractivity (Wildman–Crippen MR) is 315 cm³/mol. The van der Waals surface area contributed by atoms with Gasteiger partial charge in [0, 0.05) is 12.8 Å². The number of ether oxygens (including phenoxy) is 1. The van der Waals surface area contributed by atoms with Gasteiger partial charge in [0.05, 0.1) is 25.4 Å². The van der Waals surface area contributed by atoms with Crippen molar-refractivity contribution in [1.82, 2.24) is 5.32 Å². The largest absolute Gasteiger partial charge is 0.466 e. The summed E-state index contributed by atoms with van der Waals surface area (Å²) in [6.45, 7) is 4.89. The molecule has 0 rings (SSSR count). The molecule has 0 fully saturated rings. The first kappa shape index (κ1) is 70.3. The number of aliphatic hydroxyl groups is 2. The maximum Gasteiger partial charge on any atom is 0.305 e. The third-order valence-corrected chi connectivity index (χ3v) is 15.2. The molecular formula is C66H127NO5. The van der Waals surface area contributed by atoms with Crippen LogP contribution < -0.4 is 5.32 Å². The zero-order valence-corrected chi connectivity index (χ0v) is 48.7. The van der Waals surface area contributed by atoms with Crippen molar-refractivity contribution >= 4 is 11.9 Å². The van der Waals surface area contributed by atoms with Gasteiger partial charge in [0.1, 0.15) is 0 Å². The highest BCUT2D eigenvalue weighted by Gasteiger charge is 2.18. The van der Waals surface area contributed by atoms with Gasteiger partial charge in [-0.15, -0.1) is 0 Å². The summed E-state index contributed by atoms with van der Waals surface area (Å²) in [6, 6.07) is -0.627. The Kier molecular flexibility index (Phi) is 60.5. The number of hydrogen-bond donors (Lipinski definition) is 3. The van der Waals surface area contributed by atoms with Crippen LogP contribution in [0.15, 0.2) is 24.3 Å². The van der Waals surface area contributed by atoms with Gasteiger partial charge in [-0.25, -0.2) is 0 Å². The average molecular weight is 1010 g/mol. The van der Waals surface area contributed by atoms with Gasteiger partial charge in [-0.3, -0.25) is 9.59 Å². The summed E-state index contributed by atoms with van der Waals surface area (Å²) in [7, 11) is 0. The number of hydrogen-bond acceptors (Lipinski definition) is 5. The van der Waals surface area contributed by atoms with Crippen molar-refractivity contribution in [2.24, 2.45) is 0 Å². The topological polar surface area (TPSA) is 95.9 Å². The van der Waals surface area contributed by atoms with Crippen LogP contribution in [-0.2, 0) is 14.3 Å². The fourth-order valence-electron chi connectivity index (χ4n) is 10.2. The molecule has 0 bridgehead atoms. The van der Waals surface area contributed by atoms with E-state index < -0.39 is 12.1 Å². The zero-order valence-electron chi connectivity index (χ0n) is 48.7. The van der Waals surface area contributed by atoms with Crippen LogP contribution in [0.4, 0.5) is 0 Å². The molecule has 72 heavy (non-hydrogen) atoms. The fourth-order valence-corrected chi connectivity index (χ4v) is 10.2. The SMILES string of the molecule is CCCC/C=C\CCCCCCCC(=O)OCCCCCCCCCCCCCCCCCCCCCCCCCCCC(=O)NC(CO)C(O)/C=C/CCCCCCCCCCCCCCCCCCC. The van der Waals surface area contributed by atoms with Crippen molar-refractivity contribution in [3.8, 4) is 0 Å². The first-order chi connectivity index (χ1) is 35.5. The molecule has 6 nitrogen and oxygen atoms in total. The predicted octanol–water partition coefficient (Wildman–Crippen LogP) is 20.6. The standard InChI is InChI=1S/C66H127NO5/c1-3-5-7-9-11-13-15-16-17-18-26-29-32-35-39-42-46-50-54-58-64(69)63(62-68)67-65(70)59-55-51-47-43-40-36-33-30-27-24-22-20-19-21-23-25-28-31-34-37-41-45-49-53-57-61-72-66(71)60-56-52-48-44-38-14-12-10-8-6-4-2/h10,12,54,58,63-64,68-69H,3-9,11,13-53,55-57,59-62H2,1-2H3,(H,67,70)/b12-10-,58-54+. The summed E-state index contributed by atoms with van der Waals surface area (Å²) in [4.78, 5) is 24.5. The minimum atomic E-state index is -0.843. The van der Waals surface area contributed by atoms with E-state index in [1.54, 1.807) is 6.08 Å². The summed E-state index contributed by atoms with van der Waals surface area (Å²) >= 11 is 0. The lowest BCUT2D eigenvalue weighted by Crippen LogP contribution is -2.45. The summed E-state index contributed by atoms with van der Waals surface area (Å²) in [5, 5.41) is 23.2. The van der Waals surface area contributed by atoms with Gasteiger partial charge in [-0.2, -0.15) is 0 Å². The minimum absolute atomic E-state index is 0.00522. The summed E-state index contributed by atoms with van der Waals surface area (Å²) in [6.07, 6.45) is 76.6. The molecule has 426 valence electrons. The Morgan fingerprint density at radius 3 is 1.03 bits per heavy atom. The van der Waals surface area contributed by atoms with E-state index in [2.05, 4.69) is 31.3 Å². The lowest BCUT2D eigenvalue weighted by atomic mass is 10.0. The maximum atomic E-state index is 12.5. The van der Waals surface area contributed by atoms with Crippen LogP contribution in [0.3, 0.4) is 0 Å². The molecule has 2 unspecified atom stereocenters. The highest BCUT2D eigenvalue weighted by atomic mass is 16.5. The number of rotatable bonds is 61. The third-order valence-electron chi connectivity index (χ3n) is 15.2. The molecular weight excluding hydrogens is 887 g/mol. The first-order valence-corrected chi connectivity index (χ1v) is 32.6. The average Bonchev–Trinajstić information content (AvgIpc) is 3.38. The second-order valence-electron chi connectivity index (χ2n) is 22.5. The van der Waals surface area contributed by atoms with Crippen LogP contribution in [0.2, 0.25) is 0 Å². The lowest BCUT2D eigenvalue weighted by Gasteiger charge is -2.20. The van der Waals surface area contributed by atoms with E-state index in [4.69, 9.17) is 4.74 Å². The second kappa shape index (κ2) is 61.9. The Balaban J connectivity index is 3.39. The Labute approximate surface area is 450 Å². The summed E-state index contributed by atoms with van der Waals surface area (Å²) in [5.74, 6) is -0.0579. The van der Waals surface area contributed by atoms with E-state index in [1.165, 1.54) is 289 Å². The second-order valence-corrected chi connectivity index (χ2v) is 22.5. The van der Waals surface area contributed by atoms with Gasteiger partial charge < -0.3 is 20.3 Å². The van der Waals surface area contributed by atoms with Crippen molar-refractivity contribution < 1.29 is 24.5 Å². The molecule has 0 aromatic rings. The van der Waals surface area contributed by atoms with Gasteiger partial charge in [0.25, 0.3) is 0 Å². The van der Waals surface area contributed by atoms with E-state index in [0.717, 1.165) is 44.9 Å². The fraction of sp³-hybridized carbons (Fsp3) is 0.909. The Bertz CT molecular complexity index is 1120. The first-order valence-electron chi connectivity index (χ1n) is 32.6. The number of amides is 1. The molecule has 0 spiro atoms. The van der Waals surface area contributed by atoms with Gasteiger partial charge in [-0.05, 0) is 51.4 Å². The number of aliphatic hydroxyl groups excluding tert-OH is 2. The van der Waals surface area contributed by atoms with Gasteiger partial charge in [0.2, 0.25) is 5.91 Å². The molecule has 0 aromatic heterocycles. The van der Waals surface area contributed by atoms with Crippen LogP contribution in [0.25, 0.3) is 0 Å². The molecule has 0 radical (unpaired) electrons. The molecule has 1 amide bonds. The molecule has 0 aromatic carbocycles. The number of esters is 1. The molecule has 2 atom stereocenters. The molecule has 0 saturated heterocycles. The van der Waals surface area contributed by atoms with Crippen molar-refractivity contribution in [2.45, 2.75) is 373 Å². The number of unbranched alkanes of at least 4 members (excludes halogenated alkanes) is 48. The minimum Gasteiger partial charge on any atom is -0.466 e. The van der Waals surface area contributed by atoms with E-state index in [9.17, 15) is 19.8 Å². The van der Waals surface area contributed by atoms with Crippen molar-refractivity contribution in [3.05, 3.63) is 24.3 Å². The van der Waals surface area contributed by atoms with Crippen LogP contribution in [0, 0.1) is 0 Å². The molecule has 6 heteroatoms. The van der Waals surface area contributed by atoms with E-state index in [0.29, 0.717) is 19.4 Å². The molecule has 0 aliphatic rings. The van der Waals surface area contributed by atoms with Crippen LogP contribution >= 0.6 is 0 Å². The number of carbonyl (C=O) groups is 2. The van der Waals surface area contributed by atoms with Crippen LogP contribution in [0.1, 0.15) is 361 Å². The third kappa shape index (κ3) is 57.6. The van der Waals surface area contributed by atoms with Gasteiger partial charge in [0.15, 0.2) is 0 Å². The van der Waals surface area contributed by atoms with Crippen molar-refractivity contribution in [1.29, 1.82) is 0 Å². The van der Waals surface area contributed by atoms with Crippen molar-refractivity contribution in [3.63, 3.8) is 0 Å². The van der Waals surface area contributed by atoms with Gasteiger partial charge >= 0.3 is 5.97 Å². The lowest BCUT2D eigenvalue weighted by molar-refractivity contribution is -0.143. The van der Waals surface area contributed by atoms with Crippen molar-refractivity contribution in [2.75, 3.05) is 13.2 Å². The van der Waals surface area contributed by atoms with Crippen LogP contribution in [-0.4, -0.2) is 47.4 Å². The molecule has 3 N–H and O–H groups in total. The molecule has 0 aliphatic heterocycles. The van der Waals surface area contributed by atoms with E-state index in [1.807, 2.05) is 6.08 Å². The Morgan fingerprint density at radius 1 is 0.375 bits per heavy atom. The smallest absolute Gasteiger partial charge is 0.305 e. The Hall–Kier alpha value is -1.66. The van der Waals surface area contributed by atoms with E-state index >= 15 is 0 Å². The maximum absolute atomic E-state index is 12.5. The Morgan fingerprint density at radius 2 is 0.667 bits per heavy atom. The number of nitrogens with one attached hydrogen (secondary N) is 1. The zero-order chi connectivity index (χ0) is 52.2. The monoisotopic (exact) mass is 1010 g/mol.